The third-order valence-corrected chi connectivity index (χ3v) is 3.00. The van der Waals surface area contributed by atoms with Gasteiger partial charge in [-0.25, -0.2) is 4.79 Å². The molecule has 1 N–H and O–H groups in total. The van der Waals surface area contributed by atoms with Crippen molar-refractivity contribution in [2.75, 3.05) is 13.7 Å². The highest BCUT2D eigenvalue weighted by Crippen LogP contribution is 2.33. The van der Waals surface area contributed by atoms with E-state index < -0.39 is 24.4 Å². The van der Waals surface area contributed by atoms with E-state index in [0.717, 1.165) is 4.68 Å². The van der Waals surface area contributed by atoms with E-state index in [9.17, 15) is 22.8 Å². The third-order valence-electron chi connectivity index (χ3n) is 2.68. The molecule has 0 atom stereocenters. The largest absolute Gasteiger partial charge is 0.479 e. The average molecular weight is 395 g/mol. The lowest BCUT2D eigenvalue weighted by atomic mass is 10.3. The van der Waals surface area contributed by atoms with Crippen LogP contribution in [0.4, 0.5) is 13.2 Å². The first-order chi connectivity index (χ1) is 12.1. The average Bonchev–Trinajstić information content (AvgIpc) is 2.98. The highest BCUT2D eigenvalue weighted by atomic mass is 35.5. The van der Waals surface area contributed by atoms with Crippen molar-refractivity contribution in [2.45, 2.75) is 13.1 Å². The molecule has 0 aliphatic heterocycles. The molecule has 0 aliphatic rings. The molecular formula is C15H14ClF3N2O5. The molecule has 142 valence electrons. The van der Waals surface area contributed by atoms with Crippen LogP contribution in [0.25, 0.3) is 5.69 Å². The number of halogens is 4. The van der Waals surface area contributed by atoms with Crippen molar-refractivity contribution in [3.8, 4) is 11.6 Å². The van der Waals surface area contributed by atoms with Gasteiger partial charge < -0.3 is 14.6 Å². The Bertz CT molecular complexity index is 777. The number of hydrogen-bond donors (Lipinski definition) is 1. The van der Waals surface area contributed by atoms with Gasteiger partial charge >= 0.3 is 18.1 Å². The van der Waals surface area contributed by atoms with Crippen molar-refractivity contribution < 1.29 is 37.3 Å². The maximum absolute atomic E-state index is 12.7. The number of aromatic nitrogens is 2. The van der Waals surface area contributed by atoms with Crippen LogP contribution in [0, 0.1) is 0 Å². The summed E-state index contributed by atoms with van der Waals surface area (Å²) in [5.41, 5.74) is -1.06. The molecule has 0 aliphatic carbocycles. The zero-order chi connectivity index (χ0) is 19.9. The Labute approximate surface area is 150 Å². The minimum Gasteiger partial charge on any atom is -0.479 e. The smallest absolute Gasteiger partial charge is 0.435 e. The van der Waals surface area contributed by atoms with E-state index >= 15 is 0 Å². The van der Waals surface area contributed by atoms with Gasteiger partial charge in [0.1, 0.15) is 0 Å². The zero-order valence-corrected chi connectivity index (χ0v) is 14.3. The summed E-state index contributed by atoms with van der Waals surface area (Å²) in [6.07, 6.45) is -4.69. The topological polar surface area (TPSA) is 90.7 Å². The van der Waals surface area contributed by atoms with Gasteiger partial charge in [-0.15, -0.1) is 0 Å². The van der Waals surface area contributed by atoms with Crippen LogP contribution in [0.15, 0.2) is 30.3 Å². The lowest BCUT2D eigenvalue weighted by Gasteiger charge is -2.08. The summed E-state index contributed by atoms with van der Waals surface area (Å²) in [5.74, 6) is -1.93. The second-order valence-electron chi connectivity index (χ2n) is 4.61. The van der Waals surface area contributed by atoms with Crippen molar-refractivity contribution in [1.82, 2.24) is 9.78 Å². The first-order valence-corrected chi connectivity index (χ1v) is 7.25. The van der Waals surface area contributed by atoms with E-state index in [2.05, 4.69) is 9.84 Å². The van der Waals surface area contributed by atoms with Crippen molar-refractivity contribution in [3.63, 3.8) is 0 Å². The van der Waals surface area contributed by atoms with Gasteiger partial charge in [0.2, 0.25) is 5.88 Å². The number of ether oxygens (including phenoxy) is 2. The lowest BCUT2D eigenvalue weighted by Crippen LogP contribution is -2.12. The molecule has 1 heterocycles. The normalized spacial score (nSPS) is 10.5. The van der Waals surface area contributed by atoms with Crippen LogP contribution in [0.5, 0.6) is 5.88 Å². The van der Waals surface area contributed by atoms with Gasteiger partial charge in [-0.1, -0.05) is 23.7 Å². The fourth-order valence-electron chi connectivity index (χ4n) is 1.54. The van der Waals surface area contributed by atoms with Gasteiger partial charge in [-0.2, -0.15) is 23.0 Å². The standard InChI is InChI=1S/C12H8ClF3N2O3.C3H6O2/c13-7-3-1-2-4-8(7)18-10(21-6-11(19)20)5-9(17-18)12(14,15)16;1-3(4)5-2/h1-5H,6H2,(H,19,20);1-2H3. The minimum absolute atomic E-state index is 0.148. The van der Waals surface area contributed by atoms with E-state index in [1.807, 2.05) is 0 Å². The first-order valence-electron chi connectivity index (χ1n) is 6.87. The molecule has 0 spiro atoms. The third kappa shape index (κ3) is 6.28. The number of aliphatic carboxylic acids is 1. The number of carboxylic acids is 1. The molecule has 0 saturated carbocycles. The molecule has 0 fully saturated rings. The fraction of sp³-hybridized carbons (Fsp3) is 0.267. The predicted molar refractivity (Wildman–Crippen MR) is 84.4 cm³/mol. The molecule has 2 aromatic rings. The molecule has 0 amide bonds. The number of carboxylic acid groups (broad SMARTS) is 1. The van der Waals surface area contributed by atoms with E-state index in [-0.39, 0.29) is 22.6 Å². The Morgan fingerprint density at radius 3 is 2.35 bits per heavy atom. The number of benzene rings is 1. The quantitative estimate of drug-likeness (QED) is 0.801. The Morgan fingerprint density at radius 2 is 1.88 bits per heavy atom. The minimum atomic E-state index is -4.69. The summed E-state index contributed by atoms with van der Waals surface area (Å²) >= 11 is 5.90. The number of hydrogen-bond acceptors (Lipinski definition) is 5. The molecule has 2 rings (SSSR count). The van der Waals surface area contributed by atoms with Gasteiger partial charge in [0.05, 0.1) is 17.8 Å². The van der Waals surface area contributed by atoms with Gasteiger partial charge in [-0.05, 0) is 12.1 Å². The van der Waals surface area contributed by atoms with Crippen LogP contribution in [-0.2, 0) is 20.5 Å². The van der Waals surface area contributed by atoms with E-state index in [1.54, 1.807) is 12.1 Å². The monoisotopic (exact) mass is 394 g/mol. The van der Waals surface area contributed by atoms with Crippen molar-refractivity contribution in [1.29, 1.82) is 0 Å². The Hall–Kier alpha value is -2.75. The number of para-hydroxylation sites is 1. The fourth-order valence-corrected chi connectivity index (χ4v) is 1.75. The maximum atomic E-state index is 12.7. The van der Waals surface area contributed by atoms with E-state index in [4.69, 9.17) is 21.4 Å². The summed E-state index contributed by atoms with van der Waals surface area (Å²) in [7, 11) is 1.35. The van der Waals surface area contributed by atoms with Gasteiger partial charge in [-0.3, -0.25) is 4.79 Å². The summed E-state index contributed by atoms with van der Waals surface area (Å²) in [6.45, 7) is 0.563. The molecule has 11 heteroatoms. The zero-order valence-electron chi connectivity index (χ0n) is 13.6. The molecule has 26 heavy (non-hydrogen) atoms. The first kappa shape index (κ1) is 21.3. The lowest BCUT2D eigenvalue weighted by molar-refractivity contribution is -0.141. The number of carbonyl (C=O) groups is 2. The summed E-state index contributed by atoms with van der Waals surface area (Å²) in [6, 6.07) is 6.66. The number of esters is 1. The van der Waals surface area contributed by atoms with Crippen LogP contribution in [-0.4, -0.2) is 40.5 Å². The Balaban J connectivity index is 0.000000597. The van der Waals surface area contributed by atoms with Crippen LogP contribution < -0.4 is 4.74 Å². The van der Waals surface area contributed by atoms with E-state index in [1.165, 1.54) is 26.2 Å². The number of rotatable bonds is 4. The SMILES string of the molecule is COC(C)=O.O=C(O)COc1cc(C(F)(F)F)nn1-c1ccccc1Cl. The highest BCUT2D eigenvalue weighted by Gasteiger charge is 2.35. The van der Waals surface area contributed by atoms with Crippen molar-refractivity contribution in [2.24, 2.45) is 0 Å². The van der Waals surface area contributed by atoms with Gasteiger partial charge in [0.15, 0.2) is 12.3 Å². The van der Waals surface area contributed by atoms with Gasteiger partial charge in [0.25, 0.3) is 0 Å². The molecule has 1 aromatic heterocycles. The number of methoxy groups -OCH3 is 1. The summed E-state index contributed by atoms with van der Waals surface area (Å²) < 4.78 is 47.9. The van der Waals surface area contributed by atoms with Crippen molar-refractivity contribution >= 4 is 23.5 Å². The highest BCUT2D eigenvalue weighted by molar-refractivity contribution is 6.32. The van der Waals surface area contributed by atoms with Crippen LogP contribution in [0.1, 0.15) is 12.6 Å². The van der Waals surface area contributed by atoms with Crippen LogP contribution in [0.3, 0.4) is 0 Å². The number of nitrogens with zero attached hydrogens (tertiary/aromatic N) is 2. The molecule has 0 bridgehead atoms. The molecule has 0 saturated heterocycles. The Kier molecular flexibility index (Phi) is 7.44. The second kappa shape index (κ2) is 9.09. The van der Waals surface area contributed by atoms with Crippen LogP contribution >= 0.6 is 11.6 Å². The van der Waals surface area contributed by atoms with Crippen molar-refractivity contribution in [3.05, 3.63) is 41.0 Å². The summed E-state index contributed by atoms with van der Waals surface area (Å²) in [4.78, 5) is 20.1. The second-order valence-corrected chi connectivity index (χ2v) is 5.01. The number of alkyl halides is 3. The summed E-state index contributed by atoms with van der Waals surface area (Å²) in [5, 5.41) is 12.1. The van der Waals surface area contributed by atoms with Gasteiger partial charge in [0, 0.05) is 13.0 Å². The predicted octanol–water partition coefficient (Wildman–Crippen LogP) is 3.19. The van der Waals surface area contributed by atoms with Crippen LogP contribution in [0.2, 0.25) is 5.02 Å². The molecule has 0 radical (unpaired) electrons. The molecule has 7 nitrogen and oxygen atoms in total. The molecule has 1 aromatic carbocycles. The molecular weight excluding hydrogens is 381 g/mol. The Morgan fingerprint density at radius 1 is 1.31 bits per heavy atom. The number of carbonyl (C=O) groups excluding carboxylic acids is 1. The molecule has 0 unspecified atom stereocenters. The van der Waals surface area contributed by atoms with E-state index in [0.29, 0.717) is 6.07 Å². The maximum Gasteiger partial charge on any atom is 0.435 e.